The van der Waals surface area contributed by atoms with E-state index in [1.807, 2.05) is 12.3 Å². The molecule has 2 heterocycles. The van der Waals surface area contributed by atoms with E-state index >= 15 is 0 Å². The van der Waals surface area contributed by atoms with Crippen LogP contribution in [0.25, 0.3) is 0 Å². The molecule has 0 saturated heterocycles. The van der Waals surface area contributed by atoms with E-state index in [9.17, 15) is 0 Å². The van der Waals surface area contributed by atoms with Crippen molar-refractivity contribution in [1.82, 2.24) is 4.98 Å². The maximum absolute atomic E-state index is 6.06. The van der Waals surface area contributed by atoms with Crippen molar-refractivity contribution in [2.75, 3.05) is 0 Å². The first-order chi connectivity index (χ1) is 6.75. The highest BCUT2D eigenvalue weighted by molar-refractivity contribution is 7.11. The lowest BCUT2D eigenvalue weighted by Gasteiger charge is -2.05. The number of hydrogen-bond acceptors (Lipinski definition) is 4. The first-order valence-corrected chi connectivity index (χ1v) is 6.15. The van der Waals surface area contributed by atoms with Gasteiger partial charge in [-0.3, -0.25) is 0 Å². The molecule has 0 aliphatic carbocycles. The summed E-state index contributed by atoms with van der Waals surface area (Å²) in [4.78, 5) is 6.79. The molecule has 2 aromatic heterocycles. The monoisotopic (exact) mass is 224 g/mol. The van der Waals surface area contributed by atoms with Crippen LogP contribution in [0.15, 0.2) is 23.7 Å². The third-order valence-electron chi connectivity index (χ3n) is 1.97. The van der Waals surface area contributed by atoms with Crippen LogP contribution in [-0.4, -0.2) is 4.98 Å². The Hall–Kier alpha value is -0.710. The molecule has 2 N–H and O–H groups in total. The van der Waals surface area contributed by atoms with Crippen LogP contribution in [0.1, 0.15) is 20.8 Å². The minimum absolute atomic E-state index is 0.0977. The van der Waals surface area contributed by atoms with E-state index < -0.39 is 0 Å². The van der Waals surface area contributed by atoms with E-state index in [0.717, 1.165) is 11.4 Å². The van der Waals surface area contributed by atoms with Gasteiger partial charge >= 0.3 is 0 Å². The van der Waals surface area contributed by atoms with E-state index in [2.05, 4.69) is 23.4 Å². The van der Waals surface area contributed by atoms with E-state index in [1.54, 1.807) is 22.7 Å². The molecule has 2 nitrogen and oxygen atoms in total. The smallest absolute Gasteiger partial charge is 0.0946 e. The average molecular weight is 224 g/mol. The Bertz CT molecular complexity index is 392. The van der Waals surface area contributed by atoms with Gasteiger partial charge in [0.25, 0.3) is 0 Å². The molecular formula is C10H12N2S2. The van der Waals surface area contributed by atoms with Crippen LogP contribution in [-0.2, 0) is 6.42 Å². The number of aryl methyl sites for hydroxylation is 1. The molecule has 0 bridgehead atoms. The number of thiazole rings is 1. The summed E-state index contributed by atoms with van der Waals surface area (Å²) in [5, 5.41) is 3.19. The summed E-state index contributed by atoms with van der Waals surface area (Å²) in [5.41, 5.74) is 6.06. The molecule has 0 aromatic carbocycles. The molecule has 0 amide bonds. The van der Waals surface area contributed by atoms with E-state index in [1.165, 1.54) is 9.75 Å². The lowest BCUT2D eigenvalue weighted by Crippen LogP contribution is -2.11. The molecule has 0 aliphatic rings. The summed E-state index contributed by atoms with van der Waals surface area (Å²) in [5.74, 6) is 0. The molecule has 0 spiro atoms. The first kappa shape index (κ1) is 9.83. The van der Waals surface area contributed by atoms with Crippen molar-refractivity contribution in [3.63, 3.8) is 0 Å². The molecule has 2 rings (SSSR count). The Morgan fingerprint density at radius 3 is 3.00 bits per heavy atom. The lowest BCUT2D eigenvalue weighted by molar-refractivity contribution is 0.732. The fourth-order valence-corrected chi connectivity index (χ4v) is 2.86. The Morgan fingerprint density at radius 2 is 2.43 bits per heavy atom. The Kier molecular flexibility index (Phi) is 2.96. The SMILES string of the molecule is Cc1cnc(CC(N)c2cccs2)s1. The molecule has 1 unspecified atom stereocenters. The van der Waals surface area contributed by atoms with Crippen LogP contribution in [0.4, 0.5) is 0 Å². The average Bonchev–Trinajstić information content (AvgIpc) is 2.75. The highest BCUT2D eigenvalue weighted by Gasteiger charge is 2.09. The minimum atomic E-state index is 0.0977. The Labute approximate surface area is 91.4 Å². The fraction of sp³-hybridized carbons (Fsp3) is 0.300. The molecule has 0 aliphatic heterocycles. The zero-order valence-electron chi connectivity index (χ0n) is 7.93. The van der Waals surface area contributed by atoms with Crippen LogP contribution in [0, 0.1) is 6.92 Å². The second-order valence-corrected chi connectivity index (χ2v) is 5.49. The summed E-state index contributed by atoms with van der Waals surface area (Å²) in [6, 6.07) is 4.21. The van der Waals surface area contributed by atoms with Gasteiger partial charge < -0.3 is 5.73 Å². The topological polar surface area (TPSA) is 38.9 Å². The van der Waals surface area contributed by atoms with Gasteiger partial charge in [-0.1, -0.05) is 6.07 Å². The van der Waals surface area contributed by atoms with Crippen LogP contribution in [0.3, 0.4) is 0 Å². The van der Waals surface area contributed by atoms with Crippen molar-refractivity contribution >= 4 is 22.7 Å². The number of aromatic nitrogens is 1. The Morgan fingerprint density at radius 1 is 1.57 bits per heavy atom. The highest BCUT2D eigenvalue weighted by Crippen LogP contribution is 2.22. The molecule has 1 atom stereocenters. The van der Waals surface area contributed by atoms with Crippen LogP contribution < -0.4 is 5.73 Å². The standard InChI is InChI=1S/C10H12N2S2/c1-7-6-12-10(14-7)5-8(11)9-3-2-4-13-9/h2-4,6,8H,5,11H2,1H3. The molecular weight excluding hydrogens is 212 g/mol. The zero-order chi connectivity index (χ0) is 9.97. The third kappa shape index (κ3) is 2.20. The second kappa shape index (κ2) is 4.21. The predicted octanol–water partition coefficient (Wildman–Crippen LogP) is 2.76. The molecule has 4 heteroatoms. The molecule has 0 saturated carbocycles. The van der Waals surface area contributed by atoms with Crippen LogP contribution in [0.2, 0.25) is 0 Å². The summed E-state index contributed by atoms with van der Waals surface area (Å²) < 4.78 is 0. The molecule has 74 valence electrons. The number of rotatable bonds is 3. The van der Waals surface area contributed by atoms with Gasteiger partial charge in [-0.2, -0.15) is 0 Å². The van der Waals surface area contributed by atoms with Gasteiger partial charge in [0.2, 0.25) is 0 Å². The fourth-order valence-electron chi connectivity index (χ4n) is 1.29. The number of nitrogens with two attached hydrogens (primary N) is 1. The second-order valence-electron chi connectivity index (χ2n) is 3.19. The summed E-state index contributed by atoms with van der Waals surface area (Å²) in [7, 11) is 0. The predicted molar refractivity (Wildman–Crippen MR) is 61.8 cm³/mol. The number of hydrogen-bond donors (Lipinski definition) is 1. The highest BCUT2D eigenvalue weighted by atomic mass is 32.1. The van der Waals surface area contributed by atoms with Crippen LogP contribution in [0.5, 0.6) is 0 Å². The maximum atomic E-state index is 6.06. The van der Waals surface area contributed by atoms with Gasteiger partial charge in [-0.05, 0) is 18.4 Å². The molecule has 14 heavy (non-hydrogen) atoms. The van der Waals surface area contributed by atoms with Crippen molar-refractivity contribution in [3.8, 4) is 0 Å². The zero-order valence-corrected chi connectivity index (χ0v) is 9.57. The van der Waals surface area contributed by atoms with Gasteiger partial charge in [0.15, 0.2) is 0 Å². The number of nitrogens with zero attached hydrogens (tertiary/aromatic N) is 1. The van der Waals surface area contributed by atoms with Gasteiger partial charge in [0.1, 0.15) is 0 Å². The molecule has 0 radical (unpaired) electrons. The van der Waals surface area contributed by atoms with Crippen molar-refractivity contribution in [1.29, 1.82) is 0 Å². The summed E-state index contributed by atoms with van der Waals surface area (Å²) in [6.07, 6.45) is 2.75. The first-order valence-electron chi connectivity index (χ1n) is 4.46. The molecule has 2 aromatic rings. The quantitative estimate of drug-likeness (QED) is 0.870. The van der Waals surface area contributed by atoms with E-state index in [4.69, 9.17) is 5.73 Å². The van der Waals surface area contributed by atoms with Crippen molar-refractivity contribution in [3.05, 3.63) is 38.5 Å². The van der Waals surface area contributed by atoms with E-state index in [0.29, 0.717) is 0 Å². The van der Waals surface area contributed by atoms with Crippen LogP contribution >= 0.6 is 22.7 Å². The number of thiophene rings is 1. The van der Waals surface area contributed by atoms with Gasteiger partial charge in [-0.15, -0.1) is 22.7 Å². The van der Waals surface area contributed by atoms with Gasteiger partial charge in [0, 0.05) is 28.4 Å². The Balaban J connectivity index is 2.05. The van der Waals surface area contributed by atoms with E-state index in [-0.39, 0.29) is 6.04 Å². The summed E-state index contributed by atoms with van der Waals surface area (Å²) in [6.45, 7) is 2.07. The van der Waals surface area contributed by atoms with Crippen molar-refractivity contribution in [2.24, 2.45) is 5.73 Å². The van der Waals surface area contributed by atoms with Gasteiger partial charge in [-0.25, -0.2) is 4.98 Å². The van der Waals surface area contributed by atoms with Crippen molar-refractivity contribution in [2.45, 2.75) is 19.4 Å². The maximum Gasteiger partial charge on any atom is 0.0946 e. The summed E-state index contributed by atoms with van der Waals surface area (Å²) >= 11 is 3.44. The van der Waals surface area contributed by atoms with Gasteiger partial charge in [0.05, 0.1) is 5.01 Å². The van der Waals surface area contributed by atoms with Crippen molar-refractivity contribution < 1.29 is 0 Å². The third-order valence-corrected chi connectivity index (χ3v) is 3.91. The normalized spacial score (nSPS) is 13.0. The minimum Gasteiger partial charge on any atom is -0.323 e. The lowest BCUT2D eigenvalue weighted by atomic mass is 10.2. The largest absolute Gasteiger partial charge is 0.323 e. The molecule has 0 fully saturated rings.